The minimum atomic E-state index is -0.485. The number of carbonyl (C=O) groups is 3. The first-order chi connectivity index (χ1) is 12.5. The van der Waals surface area contributed by atoms with E-state index in [9.17, 15) is 14.4 Å². The van der Waals surface area contributed by atoms with Crippen molar-refractivity contribution in [1.29, 1.82) is 0 Å². The average molecular weight is 357 g/mol. The van der Waals surface area contributed by atoms with Crippen LogP contribution in [-0.4, -0.2) is 38.2 Å². The Morgan fingerprint density at radius 1 is 0.962 bits per heavy atom. The molecule has 1 amide bonds. The van der Waals surface area contributed by atoms with Crippen molar-refractivity contribution < 1.29 is 28.6 Å². The van der Waals surface area contributed by atoms with Crippen molar-refractivity contribution in [3.05, 3.63) is 59.7 Å². The second kappa shape index (κ2) is 9.22. The second-order valence-corrected chi connectivity index (χ2v) is 5.15. The monoisotopic (exact) mass is 357 g/mol. The van der Waals surface area contributed by atoms with Crippen molar-refractivity contribution >= 4 is 23.5 Å². The fraction of sp³-hybridized carbons (Fsp3) is 0.211. The molecular weight excluding hydrogens is 338 g/mol. The number of ether oxygens (including phenoxy) is 3. The van der Waals surface area contributed by atoms with Crippen LogP contribution in [0.2, 0.25) is 0 Å². The fourth-order valence-corrected chi connectivity index (χ4v) is 2.08. The van der Waals surface area contributed by atoms with E-state index < -0.39 is 11.9 Å². The van der Waals surface area contributed by atoms with Gasteiger partial charge in [-0.3, -0.25) is 4.79 Å². The van der Waals surface area contributed by atoms with Crippen LogP contribution in [0.15, 0.2) is 48.5 Å². The lowest BCUT2D eigenvalue weighted by molar-refractivity contribution is -0.118. The summed E-state index contributed by atoms with van der Waals surface area (Å²) < 4.78 is 14.9. The molecule has 2 rings (SSSR count). The van der Waals surface area contributed by atoms with Gasteiger partial charge in [0.2, 0.25) is 0 Å². The lowest BCUT2D eigenvalue weighted by Gasteiger charge is -2.09. The summed E-state index contributed by atoms with van der Waals surface area (Å²) in [5, 5.41) is 2.65. The Balaban J connectivity index is 1.89. The number of carbonyl (C=O) groups excluding carboxylic acids is 3. The molecule has 26 heavy (non-hydrogen) atoms. The van der Waals surface area contributed by atoms with Crippen LogP contribution < -0.4 is 10.1 Å². The summed E-state index contributed by atoms with van der Waals surface area (Å²) in [6.45, 7) is 1.80. The molecule has 0 spiro atoms. The highest BCUT2D eigenvalue weighted by atomic mass is 16.5. The van der Waals surface area contributed by atoms with E-state index >= 15 is 0 Å². The Morgan fingerprint density at radius 2 is 1.69 bits per heavy atom. The highest BCUT2D eigenvalue weighted by Crippen LogP contribution is 2.15. The minimum Gasteiger partial charge on any atom is -0.484 e. The molecule has 0 unspecified atom stereocenters. The lowest BCUT2D eigenvalue weighted by atomic mass is 10.2. The highest BCUT2D eigenvalue weighted by molar-refractivity contribution is 5.94. The zero-order chi connectivity index (χ0) is 18.9. The SMILES string of the molecule is CCOC(=O)c1ccc(NC(=O)COc2cccc(C(=O)OC)c2)cc1. The number of hydrogen-bond donors (Lipinski definition) is 1. The quantitative estimate of drug-likeness (QED) is 0.766. The summed E-state index contributed by atoms with van der Waals surface area (Å²) in [5.74, 6) is -0.904. The molecule has 0 radical (unpaired) electrons. The molecule has 0 aliphatic rings. The van der Waals surface area contributed by atoms with Gasteiger partial charge in [-0.25, -0.2) is 9.59 Å². The summed E-state index contributed by atoms with van der Waals surface area (Å²) in [6, 6.07) is 12.7. The van der Waals surface area contributed by atoms with Gasteiger partial charge < -0.3 is 19.5 Å². The average Bonchev–Trinajstić information content (AvgIpc) is 2.66. The molecule has 0 aromatic heterocycles. The number of nitrogens with one attached hydrogen (secondary N) is 1. The maximum Gasteiger partial charge on any atom is 0.338 e. The fourth-order valence-electron chi connectivity index (χ4n) is 2.08. The van der Waals surface area contributed by atoms with Gasteiger partial charge in [-0.15, -0.1) is 0 Å². The summed E-state index contributed by atoms with van der Waals surface area (Å²) in [7, 11) is 1.29. The number of hydrogen-bond acceptors (Lipinski definition) is 6. The summed E-state index contributed by atoms with van der Waals surface area (Å²) >= 11 is 0. The van der Waals surface area contributed by atoms with Crippen LogP contribution in [-0.2, 0) is 14.3 Å². The largest absolute Gasteiger partial charge is 0.484 e. The zero-order valence-corrected chi connectivity index (χ0v) is 14.5. The highest BCUT2D eigenvalue weighted by Gasteiger charge is 2.09. The predicted molar refractivity (Wildman–Crippen MR) is 94.3 cm³/mol. The van der Waals surface area contributed by atoms with Crippen molar-refractivity contribution in [1.82, 2.24) is 0 Å². The molecule has 0 aliphatic carbocycles. The maximum atomic E-state index is 12.0. The molecule has 0 heterocycles. The number of amides is 1. The molecule has 2 aromatic rings. The summed E-state index contributed by atoms with van der Waals surface area (Å²) in [4.78, 5) is 35.0. The van der Waals surface area contributed by atoms with E-state index in [0.29, 0.717) is 29.2 Å². The van der Waals surface area contributed by atoms with E-state index in [4.69, 9.17) is 9.47 Å². The maximum absolute atomic E-state index is 12.0. The van der Waals surface area contributed by atoms with Gasteiger partial charge in [0.15, 0.2) is 6.61 Å². The zero-order valence-electron chi connectivity index (χ0n) is 14.5. The van der Waals surface area contributed by atoms with Crippen LogP contribution in [0.1, 0.15) is 27.6 Å². The molecule has 1 N–H and O–H groups in total. The minimum absolute atomic E-state index is 0.232. The number of rotatable bonds is 7. The molecule has 0 saturated carbocycles. The van der Waals surface area contributed by atoms with Crippen LogP contribution in [0.5, 0.6) is 5.75 Å². The van der Waals surface area contributed by atoms with Crippen LogP contribution >= 0.6 is 0 Å². The Bertz CT molecular complexity index is 785. The number of esters is 2. The van der Waals surface area contributed by atoms with Crippen LogP contribution in [0, 0.1) is 0 Å². The van der Waals surface area contributed by atoms with Gasteiger partial charge >= 0.3 is 11.9 Å². The topological polar surface area (TPSA) is 90.9 Å². The van der Waals surface area contributed by atoms with Gasteiger partial charge in [0.25, 0.3) is 5.91 Å². The van der Waals surface area contributed by atoms with Crippen LogP contribution in [0.3, 0.4) is 0 Å². The Kier molecular flexibility index (Phi) is 6.73. The van der Waals surface area contributed by atoms with Crippen molar-refractivity contribution in [2.24, 2.45) is 0 Å². The van der Waals surface area contributed by atoms with Gasteiger partial charge in [0.05, 0.1) is 24.8 Å². The lowest BCUT2D eigenvalue weighted by Crippen LogP contribution is -2.20. The first-order valence-electron chi connectivity index (χ1n) is 7.91. The van der Waals surface area contributed by atoms with Crippen LogP contribution in [0.25, 0.3) is 0 Å². The van der Waals surface area contributed by atoms with Gasteiger partial charge in [-0.1, -0.05) is 6.07 Å². The molecule has 0 aliphatic heterocycles. The van der Waals surface area contributed by atoms with E-state index in [1.54, 1.807) is 49.4 Å². The first-order valence-corrected chi connectivity index (χ1v) is 7.91. The van der Waals surface area contributed by atoms with Crippen molar-refractivity contribution in [3.63, 3.8) is 0 Å². The van der Waals surface area contributed by atoms with E-state index in [1.807, 2.05) is 0 Å². The molecule has 0 fully saturated rings. The van der Waals surface area contributed by atoms with Gasteiger partial charge in [0.1, 0.15) is 5.75 Å². The third-order valence-corrected chi connectivity index (χ3v) is 3.30. The number of anilines is 1. The van der Waals surface area contributed by atoms with Gasteiger partial charge in [0, 0.05) is 5.69 Å². The molecule has 0 atom stereocenters. The van der Waals surface area contributed by atoms with E-state index in [-0.39, 0.29) is 12.5 Å². The predicted octanol–water partition coefficient (Wildman–Crippen LogP) is 2.67. The number of benzene rings is 2. The third kappa shape index (κ3) is 5.34. The third-order valence-electron chi connectivity index (χ3n) is 3.30. The van der Waals surface area contributed by atoms with E-state index in [0.717, 1.165) is 0 Å². The smallest absolute Gasteiger partial charge is 0.338 e. The Labute approximate surface area is 150 Å². The van der Waals surface area contributed by atoms with E-state index in [2.05, 4.69) is 10.1 Å². The molecule has 2 aromatic carbocycles. The normalized spacial score (nSPS) is 9.92. The summed E-state index contributed by atoms with van der Waals surface area (Å²) in [6.07, 6.45) is 0. The van der Waals surface area contributed by atoms with Crippen LogP contribution in [0.4, 0.5) is 5.69 Å². The van der Waals surface area contributed by atoms with Gasteiger partial charge in [-0.05, 0) is 49.4 Å². The summed E-state index contributed by atoms with van der Waals surface area (Å²) in [5.41, 5.74) is 1.26. The first kappa shape index (κ1) is 19.0. The van der Waals surface area contributed by atoms with Crippen molar-refractivity contribution in [2.75, 3.05) is 25.6 Å². The Hall–Kier alpha value is -3.35. The number of methoxy groups -OCH3 is 1. The molecule has 136 valence electrons. The molecule has 0 saturated heterocycles. The molecule has 0 bridgehead atoms. The molecule has 7 nitrogen and oxygen atoms in total. The second-order valence-electron chi connectivity index (χ2n) is 5.15. The van der Waals surface area contributed by atoms with Crippen molar-refractivity contribution in [3.8, 4) is 5.75 Å². The Morgan fingerprint density at radius 3 is 2.35 bits per heavy atom. The standard InChI is InChI=1S/C19H19NO6/c1-3-25-19(23)13-7-9-15(10-8-13)20-17(21)12-26-16-6-4-5-14(11-16)18(22)24-2/h4-11H,3,12H2,1-2H3,(H,20,21). The molecule has 7 heteroatoms. The van der Waals surface area contributed by atoms with Crippen molar-refractivity contribution in [2.45, 2.75) is 6.92 Å². The van der Waals surface area contributed by atoms with Gasteiger partial charge in [-0.2, -0.15) is 0 Å². The van der Waals surface area contributed by atoms with E-state index in [1.165, 1.54) is 13.2 Å². The molecular formula is C19H19NO6.